The Balaban J connectivity index is 2.38. The maximum Gasteiger partial charge on any atom is 0.141 e. The zero-order valence-corrected chi connectivity index (χ0v) is 14.9. The molecule has 1 aliphatic heterocycles. The fourth-order valence-corrected chi connectivity index (χ4v) is 3.58. The van der Waals surface area contributed by atoms with Crippen LogP contribution in [0.3, 0.4) is 0 Å². The molecule has 1 saturated heterocycles. The lowest BCUT2D eigenvalue weighted by molar-refractivity contribution is 0.229. The molecule has 4 nitrogen and oxygen atoms in total. The Kier molecular flexibility index (Phi) is 5.90. The van der Waals surface area contributed by atoms with Crippen molar-refractivity contribution in [3.63, 3.8) is 0 Å². The van der Waals surface area contributed by atoms with Gasteiger partial charge in [0.05, 0.1) is 14.2 Å². The number of halogens is 1. The average Bonchev–Trinajstić information content (AvgIpc) is 2.48. The molecule has 1 N–H and O–H groups in total. The van der Waals surface area contributed by atoms with Gasteiger partial charge in [0.15, 0.2) is 0 Å². The number of hydrogen-bond acceptors (Lipinski definition) is 4. The van der Waals surface area contributed by atoms with Crippen molar-refractivity contribution in [3.05, 3.63) is 21.7 Å². The van der Waals surface area contributed by atoms with Gasteiger partial charge in [-0.25, -0.2) is 0 Å². The molecule has 1 aliphatic rings. The van der Waals surface area contributed by atoms with Crippen molar-refractivity contribution in [2.24, 2.45) is 0 Å². The Morgan fingerprint density at radius 2 is 1.81 bits per heavy atom. The van der Waals surface area contributed by atoms with Gasteiger partial charge < -0.3 is 14.8 Å². The highest BCUT2D eigenvalue weighted by Gasteiger charge is 2.21. The summed E-state index contributed by atoms with van der Waals surface area (Å²) in [6.07, 6.45) is 0. The Morgan fingerprint density at radius 3 is 2.33 bits per heavy atom. The van der Waals surface area contributed by atoms with Crippen molar-refractivity contribution in [1.29, 1.82) is 0 Å². The highest BCUT2D eigenvalue weighted by Crippen LogP contribution is 2.43. The van der Waals surface area contributed by atoms with Crippen LogP contribution in [0.2, 0.25) is 0 Å². The smallest absolute Gasteiger partial charge is 0.141 e. The van der Waals surface area contributed by atoms with Crippen molar-refractivity contribution in [1.82, 2.24) is 10.2 Å². The molecule has 0 unspecified atom stereocenters. The first kappa shape index (κ1) is 16.6. The molecule has 0 aromatic heterocycles. The Morgan fingerprint density at radius 1 is 1.19 bits per heavy atom. The summed E-state index contributed by atoms with van der Waals surface area (Å²) < 4.78 is 12.1. The van der Waals surface area contributed by atoms with E-state index in [1.165, 1.54) is 11.1 Å². The largest absolute Gasteiger partial charge is 0.495 e. The van der Waals surface area contributed by atoms with Crippen molar-refractivity contribution >= 4 is 15.9 Å². The second-order valence-corrected chi connectivity index (χ2v) is 6.48. The van der Waals surface area contributed by atoms with E-state index in [0.29, 0.717) is 5.92 Å². The Labute approximate surface area is 135 Å². The molecule has 5 heteroatoms. The van der Waals surface area contributed by atoms with Gasteiger partial charge in [0.2, 0.25) is 0 Å². The SMILES string of the molecule is COc1c(CN2CCNCC2)cc(C(C)C)c(OC)c1Br. The molecule has 0 saturated carbocycles. The number of piperazine rings is 1. The van der Waals surface area contributed by atoms with Gasteiger partial charge in [0, 0.05) is 38.3 Å². The molecule has 0 spiro atoms. The fourth-order valence-electron chi connectivity index (χ4n) is 2.77. The maximum absolute atomic E-state index is 5.63. The summed E-state index contributed by atoms with van der Waals surface area (Å²) in [5, 5.41) is 3.39. The summed E-state index contributed by atoms with van der Waals surface area (Å²) in [7, 11) is 3.43. The molecule has 118 valence electrons. The highest BCUT2D eigenvalue weighted by atomic mass is 79.9. The number of rotatable bonds is 5. The molecular formula is C16H25BrN2O2. The minimum atomic E-state index is 0.406. The lowest BCUT2D eigenvalue weighted by Crippen LogP contribution is -2.42. The van der Waals surface area contributed by atoms with E-state index in [-0.39, 0.29) is 0 Å². The molecule has 0 bridgehead atoms. The first-order valence-electron chi connectivity index (χ1n) is 7.44. The highest BCUT2D eigenvalue weighted by molar-refractivity contribution is 9.10. The van der Waals surface area contributed by atoms with Crippen LogP contribution in [0.5, 0.6) is 11.5 Å². The molecule has 1 aromatic carbocycles. The van der Waals surface area contributed by atoms with Crippen LogP contribution in [-0.2, 0) is 6.54 Å². The zero-order chi connectivity index (χ0) is 15.4. The van der Waals surface area contributed by atoms with Crippen LogP contribution in [0.25, 0.3) is 0 Å². The molecular weight excluding hydrogens is 332 g/mol. The number of hydrogen-bond donors (Lipinski definition) is 1. The van der Waals surface area contributed by atoms with Gasteiger partial charge in [-0.15, -0.1) is 0 Å². The van der Waals surface area contributed by atoms with Crippen LogP contribution in [0.15, 0.2) is 10.5 Å². The molecule has 0 radical (unpaired) electrons. The minimum Gasteiger partial charge on any atom is -0.495 e. The molecule has 1 heterocycles. The van der Waals surface area contributed by atoms with Crippen molar-refractivity contribution < 1.29 is 9.47 Å². The van der Waals surface area contributed by atoms with E-state index in [9.17, 15) is 0 Å². The third-order valence-corrected chi connectivity index (χ3v) is 4.64. The van der Waals surface area contributed by atoms with Crippen LogP contribution in [0, 0.1) is 0 Å². The molecule has 0 amide bonds. The van der Waals surface area contributed by atoms with Gasteiger partial charge in [-0.2, -0.15) is 0 Å². The molecule has 0 aliphatic carbocycles. The second-order valence-electron chi connectivity index (χ2n) is 5.69. The number of ether oxygens (including phenoxy) is 2. The summed E-state index contributed by atoms with van der Waals surface area (Å²) >= 11 is 3.66. The Hall–Kier alpha value is -0.780. The first-order chi connectivity index (χ1) is 10.1. The number of benzene rings is 1. The van der Waals surface area contributed by atoms with Crippen LogP contribution in [0.4, 0.5) is 0 Å². The first-order valence-corrected chi connectivity index (χ1v) is 8.24. The van der Waals surface area contributed by atoms with E-state index >= 15 is 0 Å². The fraction of sp³-hybridized carbons (Fsp3) is 0.625. The van der Waals surface area contributed by atoms with E-state index in [0.717, 1.165) is 48.7 Å². The van der Waals surface area contributed by atoms with Crippen molar-refractivity contribution in [2.45, 2.75) is 26.3 Å². The van der Waals surface area contributed by atoms with Gasteiger partial charge >= 0.3 is 0 Å². The normalized spacial score (nSPS) is 16.3. The van der Waals surface area contributed by atoms with Crippen LogP contribution < -0.4 is 14.8 Å². The third kappa shape index (κ3) is 3.71. The predicted molar refractivity (Wildman–Crippen MR) is 89.5 cm³/mol. The summed E-state index contributed by atoms with van der Waals surface area (Å²) in [6, 6.07) is 2.23. The lowest BCUT2D eigenvalue weighted by Gasteiger charge is -2.28. The summed E-state index contributed by atoms with van der Waals surface area (Å²) in [4.78, 5) is 2.46. The van der Waals surface area contributed by atoms with Crippen molar-refractivity contribution in [3.8, 4) is 11.5 Å². The maximum atomic E-state index is 5.63. The van der Waals surface area contributed by atoms with E-state index < -0.39 is 0 Å². The summed E-state index contributed by atoms with van der Waals surface area (Å²) in [6.45, 7) is 9.53. The summed E-state index contributed by atoms with van der Waals surface area (Å²) in [5.41, 5.74) is 2.44. The number of nitrogens with zero attached hydrogens (tertiary/aromatic N) is 1. The quantitative estimate of drug-likeness (QED) is 0.879. The van der Waals surface area contributed by atoms with E-state index in [2.05, 4.69) is 46.1 Å². The van der Waals surface area contributed by atoms with E-state index in [1.54, 1.807) is 14.2 Å². The third-order valence-electron chi connectivity index (χ3n) is 3.92. The van der Waals surface area contributed by atoms with Gasteiger partial charge in [0.1, 0.15) is 16.0 Å². The van der Waals surface area contributed by atoms with Crippen LogP contribution in [-0.4, -0.2) is 45.3 Å². The van der Waals surface area contributed by atoms with E-state index in [1.807, 2.05) is 0 Å². The molecule has 1 aromatic rings. The van der Waals surface area contributed by atoms with Gasteiger partial charge in [0.25, 0.3) is 0 Å². The van der Waals surface area contributed by atoms with Crippen LogP contribution >= 0.6 is 15.9 Å². The standard InChI is InChI=1S/C16H25BrN2O2/c1-11(2)13-9-12(10-19-7-5-18-6-8-19)15(20-3)14(17)16(13)21-4/h9,11,18H,5-8,10H2,1-4H3. The molecule has 2 rings (SSSR count). The molecule has 1 fully saturated rings. The van der Waals surface area contributed by atoms with Gasteiger partial charge in [-0.05, 0) is 33.5 Å². The molecule has 0 atom stereocenters. The number of nitrogens with one attached hydrogen (secondary N) is 1. The van der Waals surface area contributed by atoms with Crippen molar-refractivity contribution in [2.75, 3.05) is 40.4 Å². The van der Waals surface area contributed by atoms with E-state index in [4.69, 9.17) is 9.47 Å². The predicted octanol–water partition coefficient (Wildman–Crippen LogP) is 2.99. The van der Waals surface area contributed by atoms with Gasteiger partial charge in [-0.1, -0.05) is 13.8 Å². The number of methoxy groups -OCH3 is 2. The monoisotopic (exact) mass is 356 g/mol. The van der Waals surface area contributed by atoms with Gasteiger partial charge in [-0.3, -0.25) is 4.90 Å². The average molecular weight is 357 g/mol. The zero-order valence-electron chi connectivity index (χ0n) is 13.3. The topological polar surface area (TPSA) is 33.7 Å². The molecule has 21 heavy (non-hydrogen) atoms. The minimum absolute atomic E-state index is 0.406. The summed E-state index contributed by atoms with van der Waals surface area (Å²) in [5.74, 6) is 2.17. The van der Waals surface area contributed by atoms with Crippen LogP contribution in [0.1, 0.15) is 30.9 Å². The second kappa shape index (κ2) is 7.47. The Bertz CT molecular complexity index is 486. The lowest BCUT2D eigenvalue weighted by atomic mass is 9.98.